The molecule has 2 fully saturated rings. The number of halogens is 1. The molecule has 0 radical (unpaired) electrons. The van der Waals surface area contributed by atoms with Crippen molar-refractivity contribution in [3.63, 3.8) is 0 Å². The first-order valence-electron chi connectivity index (χ1n) is 7.56. The van der Waals surface area contributed by atoms with Crippen LogP contribution < -0.4 is 0 Å². The topological polar surface area (TPSA) is 38.8 Å². The minimum Gasteiger partial charge on any atom is -0.378 e. The number of carbonyl (C=O) groups excluding carboxylic acids is 1. The molecule has 1 aliphatic carbocycles. The third kappa shape index (κ3) is 4.18. The van der Waals surface area contributed by atoms with E-state index in [4.69, 9.17) is 9.47 Å². The molecule has 1 aliphatic heterocycles. The van der Waals surface area contributed by atoms with Crippen LogP contribution in [0, 0.1) is 5.92 Å². The van der Waals surface area contributed by atoms with E-state index in [9.17, 15) is 4.79 Å². The Bertz CT molecular complexity index is 342. The molecule has 1 unspecified atom stereocenters. The maximum atomic E-state index is 12.4. The van der Waals surface area contributed by atoms with Crippen LogP contribution in [0.4, 0.5) is 0 Å². The first-order chi connectivity index (χ1) is 9.43. The van der Waals surface area contributed by atoms with Gasteiger partial charge in [0.25, 0.3) is 0 Å². The molecule has 1 atom stereocenters. The van der Waals surface area contributed by atoms with Crippen LogP contribution in [-0.2, 0) is 14.3 Å². The SMILES string of the molecule is CCOC1CC(CC(=O)N2CC(CBr)OC(C)(C)C2)C1. The maximum absolute atomic E-state index is 12.4. The monoisotopic (exact) mass is 347 g/mol. The van der Waals surface area contributed by atoms with E-state index in [-0.39, 0.29) is 17.6 Å². The summed E-state index contributed by atoms with van der Waals surface area (Å²) < 4.78 is 11.5. The summed E-state index contributed by atoms with van der Waals surface area (Å²) >= 11 is 3.46. The van der Waals surface area contributed by atoms with Crippen molar-refractivity contribution in [2.24, 2.45) is 5.92 Å². The van der Waals surface area contributed by atoms with Crippen molar-refractivity contribution in [1.82, 2.24) is 4.90 Å². The van der Waals surface area contributed by atoms with Gasteiger partial charge < -0.3 is 14.4 Å². The lowest BCUT2D eigenvalue weighted by molar-refractivity contribution is -0.159. The van der Waals surface area contributed by atoms with Crippen molar-refractivity contribution >= 4 is 21.8 Å². The van der Waals surface area contributed by atoms with Crippen molar-refractivity contribution in [1.29, 1.82) is 0 Å². The molecule has 20 heavy (non-hydrogen) atoms. The lowest BCUT2D eigenvalue weighted by atomic mass is 9.79. The number of rotatable bonds is 5. The molecular formula is C15H26BrNO3. The summed E-state index contributed by atoms with van der Waals surface area (Å²) in [6.07, 6.45) is 3.22. The van der Waals surface area contributed by atoms with Crippen LogP contribution >= 0.6 is 15.9 Å². The van der Waals surface area contributed by atoms with Crippen molar-refractivity contribution < 1.29 is 14.3 Å². The van der Waals surface area contributed by atoms with Crippen LogP contribution in [0.25, 0.3) is 0 Å². The van der Waals surface area contributed by atoms with Gasteiger partial charge >= 0.3 is 0 Å². The van der Waals surface area contributed by atoms with Gasteiger partial charge in [-0.2, -0.15) is 0 Å². The van der Waals surface area contributed by atoms with Crippen molar-refractivity contribution in [2.45, 2.75) is 57.8 Å². The zero-order valence-electron chi connectivity index (χ0n) is 12.7. The minimum absolute atomic E-state index is 0.0975. The summed E-state index contributed by atoms with van der Waals surface area (Å²) in [5.74, 6) is 0.778. The Balaban J connectivity index is 1.80. The number of hydrogen-bond donors (Lipinski definition) is 0. The molecule has 5 heteroatoms. The zero-order valence-corrected chi connectivity index (χ0v) is 14.3. The normalized spacial score (nSPS) is 32.8. The van der Waals surface area contributed by atoms with Gasteiger partial charge in [-0.25, -0.2) is 0 Å². The first-order valence-corrected chi connectivity index (χ1v) is 8.69. The molecule has 0 aromatic rings. The molecule has 0 aromatic carbocycles. The summed E-state index contributed by atoms with van der Waals surface area (Å²) in [6, 6.07) is 0. The molecule has 2 rings (SSSR count). The second-order valence-corrected chi connectivity index (χ2v) is 7.19. The van der Waals surface area contributed by atoms with Crippen molar-refractivity contribution in [3.8, 4) is 0 Å². The number of carbonyl (C=O) groups is 1. The highest BCUT2D eigenvalue weighted by Gasteiger charge is 2.37. The van der Waals surface area contributed by atoms with E-state index < -0.39 is 0 Å². The number of hydrogen-bond acceptors (Lipinski definition) is 3. The first kappa shape index (κ1) is 16.2. The van der Waals surface area contributed by atoms with Gasteiger partial charge in [-0.3, -0.25) is 4.79 Å². The molecular weight excluding hydrogens is 322 g/mol. The van der Waals surface area contributed by atoms with Gasteiger partial charge in [-0.05, 0) is 39.5 Å². The zero-order chi connectivity index (χ0) is 14.8. The number of alkyl halides is 1. The largest absolute Gasteiger partial charge is 0.378 e. The maximum Gasteiger partial charge on any atom is 0.223 e. The quantitative estimate of drug-likeness (QED) is 0.717. The predicted octanol–water partition coefficient (Wildman–Crippen LogP) is 2.59. The summed E-state index contributed by atoms with van der Waals surface area (Å²) in [6.45, 7) is 8.30. The Hall–Kier alpha value is -0.130. The Morgan fingerprint density at radius 1 is 1.45 bits per heavy atom. The van der Waals surface area contributed by atoms with E-state index in [1.807, 2.05) is 11.8 Å². The summed E-state index contributed by atoms with van der Waals surface area (Å²) in [5.41, 5.74) is -0.250. The summed E-state index contributed by atoms with van der Waals surface area (Å²) in [5, 5.41) is 0.774. The smallest absolute Gasteiger partial charge is 0.223 e. The number of morpholine rings is 1. The highest BCUT2D eigenvalue weighted by molar-refractivity contribution is 9.09. The van der Waals surface area contributed by atoms with Crippen LogP contribution in [0.5, 0.6) is 0 Å². The molecule has 1 amide bonds. The Morgan fingerprint density at radius 3 is 2.75 bits per heavy atom. The minimum atomic E-state index is -0.250. The standard InChI is InChI=1S/C15H26BrNO3/c1-4-19-12-5-11(6-12)7-14(18)17-9-13(8-16)20-15(2,3)10-17/h11-13H,4-10H2,1-3H3. The molecule has 0 N–H and O–H groups in total. The van der Waals surface area contributed by atoms with E-state index in [2.05, 4.69) is 29.8 Å². The van der Waals surface area contributed by atoms with Crippen LogP contribution in [0.3, 0.4) is 0 Å². The van der Waals surface area contributed by atoms with Crippen molar-refractivity contribution in [3.05, 3.63) is 0 Å². The third-order valence-electron chi connectivity index (χ3n) is 4.06. The second-order valence-electron chi connectivity index (χ2n) is 6.55. The van der Waals surface area contributed by atoms with Crippen molar-refractivity contribution in [2.75, 3.05) is 25.0 Å². The van der Waals surface area contributed by atoms with E-state index in [0.717, 1.165) is 24.8 Å². The fourth-order valence-corrected chi connectivity index (χ4v) is 3.49. The molecule has 1 saturated heterocycles. The highest BCUT2D eigenvalue weighted by Crippen LogP contribution is 2.33. The second kappa shape index (κ2) is 6.75. The van der Waals surface area contributed by atoms with Crippen LogP contribution in [0.15, 0.2) is 0 Å². The molecule has 2 aliphatic rings. The van der Waals surface area contributed by atoms with E-state index in [0.29, 0.717) is 31.5 Å². The number of amides is 1. The fraction of sp³-hybridized carbons (Fsp3) is 0.933. The lowest BCUT2D eigenvalue weighted by Crippen LogP contribution is -2.55. The van der Waals surface area contributed by atoms with Gasteiger partial charge in [-0.15, -0.1) is 0 Å². The summed E-state index contributed by atoms with van der Waals surface area (Å²) in [4.78, 5) is 14.4. The molecule has 4 nitrogen and oxygen atoms in total. The predicted molar refractivity (Wildman–Crippen MR) is 82.1 cm³/mol. The summed E-state index contributed by atoms with van der Waals surface area (Å²) in [7, 11) is 0. The lowest BCUT2D eigenvalue weighted by Gasteiger charge is -2.43. The van der Waals surface area contributed by atoms with E-state index in [1.54, 1.807) is 0 Å². The van der Waals surface area contributed by atoms with Gasteiger partial charge in [0.15, 0.2) is 0 Å². The average molecular weight is 348 g/mol. The average Bonchev–Trinajstić information content (AvgIpc) is 2.34. The molecule has 0 spiro atoms. The Labute approximate surface area is 130 Å². The van der Waals surface area contributed by atoms with Gasteiger partial charge in [0.2, 0.25) is 5.91 Å². The number of ether oxygens (including phenoxy) is 2. The van der Waals surface area contributed by atoms with Crippen LogP contribution in [0.2, 0.25) is 0 Å². The van der Waals surface area contributed by atoms with E-state index in [1.165, 1.54) is 0 Å². The molecule has 1 heterocycles. The molecule has 1 saturated carbocycles. The molecule has 0 aromatic heterocycles. The van der Waals surface area contributed by atoms with Gasteiger partial charge in [0.05, 0.1) is 17.8 Å². The third-order valence-corrected chi connectivity index (χ3v) is 4.79. The van der Waals surface area contributed by atoms with Crippen LogP contribution in [0.1, 0.15) is 40.0 Å². The Morgan fingerprint density at radius 2 is 2.15 bits per heavy atom. The van der Waals surface area contributed by atoms with Gasteiger partial charge in [-0.1, -0.05) is 15.9 Å². The molecule has 116 valence electrons. The van der Waals surface area contributed by atoms with Gasteiger partial charge in [0.1, 0.15) is 0 Å². The van der Waals surface area contributed by atoms with Gasteiger partial charge in [0, 0.05) is 31.4 Å². The number of nitrogens with zero attached hydrogens (tertiary/aromatic N) is 1. The highest BCUT2D eigenvalue weighted by atomic mass is 79.9. The van der Waals surface area contributed by atoms with E-state index >= 15 is 0 Å². The molecule has 0 bridgehead atoms. The van der Waals surface area contributed by atoms with Crippen LogP contribution in [-0.4, -0.2) is 53.6 Å². The Kier molecular flexibility index (Phi) is 5.49. The fourth-order valence-electron chi connectivity index (χ4n) is 3.16.